The lowest BCUT2D eigenvalue weighted by Crippen LogP contribution is -2.41. The molecule has 0 aliphatic carbocycles. The standard InChI is InChI=1S/C25H32ClN3O4S/c26-23-10-3-2-9-22(23)24(28-11-4-1-5-12-28)18-27-19-25(30)20-7-6-8-21(17-20)34(31,32)29-13-15-33-16-14-29/h2-3,6-10,17,24,27H,1,4-5,11-16,18-19H2. The fraction of sp³-hybridized carbons (Fsp3) is 0.480. The largest absolute Gasteiger partial charge is 0.379 e. The molecule has 4 rings (SSSR count). The number of ether oxygens (including phenoxy) is 1. The molecular weight excluding hydrogens is 474 g/mol. The van der Waals surface area contributed by atoms with Crippen LogP contribution in [0.1, 0.15) is 41.2 Å². The van der Waals surface area contributed by atoms with Crippen molar-refractivity contribution < 1.29 is 17.9 Å². The second kappa shape index (κ2) is 11.7. The van der Waals surface area contributed by atoms with Gasteiger partial charge in [-0.2, -0.15) is 4.31 Å². The average molecular weight is 506 g/mol. The van der Waals surface area contributed by atoms with Crippen LogP contribution in [-0.2, 0) is 14.8 Å². The zero-order chi connectivity index (χ0) is 24.0. The maximum atomic E-state index is 13.0. The molecule has 2 aliphatic rings. The first kappa shape index (κ1) is 25.3. The van der Waals surface area contributed by atoms with Crippen molar-refractivity contribution in [3.05, 3.63) is 64.7 Å². The molecule has 9 heteroatoms. The van der Waals surface area contributed by atoms with Crippen molar-refractivity contribution in [2.24, 2.45) is 0 Å². The van der Waals surface area contributed by atoms with Gasteiger partial charge in [-0.25, -0.2) is 8.42 Å². The molecule has 1 N–H and O–H groups in total. The highest BCUT2D eigenvalue weighted by atomic mass is 35.5. The van der Waals surface area contributed by atoms with E-state index in [0.29, 0.717) is 38.4 Å². The van der Waals surface area contributed by atoms with E-state index in [-0.39, 0.29) is 23.3 Å². The van der Waals surface area contributed by atoms with Gasteiger partial charge >= 0.3 is 0 Å². The van der Waals surface area contributed by atoms with Gasteiger partial charge in [0, 0.05) is 36.3 Å². The summed E-state index contributed by atoms with van der Waals surface area (Å²) in [7, 11) is -3.65. The molecule has 2 fully saturated rings. The third-order valence-corrected chi connectivity index (χ3v) is 8.72. The Morgan fingerprint density at radius 2 is 1.74 bits per heavy atom. The summed E-state index contributed by atoms with van der Waals surface area (Å²) in [5, 5.41) is 4.03. The molecule has 2 aliphatic heterocycles. The molecule has 0 aromatic heterocycles. The van der Waals surface area contributed by atoms with Crippen molar-refractivity contribution in [3.8, 4) is 0 Å². The number of likely N-dealkylation sites (tertiary alicyclic amines) is 1. The van der Waals surface area contributed by atoms with E-state index in [1.54, 1.807) is 18.2 Å². The molecule has 1 unspecified atom stereocenters. The van der Waals surface area contributed by atoms with Crippen LogP contribution in [0.3, 0.4) is 0 Å². The molecule has 2 aromatic carbocycles. The highest BCUT2D eigenvalue weighted by Crippen LogP contribution is 2.29. The third kappa shape index (κ3) is 6.05. The van der Waals surface area contributed by atoms with Gasteiger partial charge in [-0.05, 0) is 49.7 Å². The predicted molar refractivity (Wildman–Crippen MR) is 133 cm³/mol. The van der Waals surface area contributed by atoms with Gasteiger partial charge < -0.3 is 10.1 Å². The number of halogens is 1. The van der Waals surface area contributed by atoms with E-state index in [9.17, 15) is 13.2 Å². The number of morpholine rings is 1. The number of carbonyl (C=O) groups excluding carboxylic acids is 1. The van der Waals surface area contributed by atoms with Crippen LogP contribution in [0.25, 0.3) is 0 Å². The van der Waals surface area contributed by atoms with Crippen LogP contribution >= 0.6 is 11.6 Å². The summed E-state index contributed by atoms with van der Waals surface area (Å²) < 4.78 is 32.6. The second-order valence-corrected chi connectivity index (χ2v) is 11.1. The summed E-state index contributed by atoms with van der Waals surface area (Å²) >= 11 is 6.51. The van der Waals surface area contributed by atoms with Crippen LogP contribution in [0.15, 0.2) is 53.4 Å². The van der Waals surface area contributed by atoms with E-state index >= 15 is 0 Å². The number of nitrogens with one attached hydrogen (secondary N) is 1. The van der Waals surface area contributed by atoms with Gasteiger partial charge in [0.2, 0.25) is 10.0 Å². The fourth-order valence-corrected chi connectivity index (χ4v) is 6.32. The number of nitrogens with zero attached hydrogens (tertiary/aromatic N) is 2. The minimum Gasteiger partial charge on any atom is -0.379 e. The minimum absolute atomic E-state index is 0.0785. The predicted octanol–water partition coefficient (Wildman–Crippen LogP) is 3.36. The summed E-state index contributed by atoms with van der Waals surface area (Å²) in [4.78, 5) is 15.5. The summed E-state index contributed by atoms with van der Waals surface area (Å²) in [6.07, 6.45) is 3.55. The molecule has 0 amide bonds. The normalized spacial score (nSPS) is 19.1. The van der Waals surface area contributed by atoms with E-state index in [0.717, 1.165) is 36.5 Å². The first-order valence-corrected chi connectivity index (χ1v) is 13.7. The lowest BCUT2D eigenvalue weighted by atomic mass is 10.0. The van der Waals surface area contributed by atoms with Crippen molar-refractivity contribution in [1.82, 2.24) is 14.5 Å². The van der Waals surface area contributed by atoms with Gasteiger partial charge in [0.15, 0.2) is 5.78 Å². The number of hydrogen-bond donors (Lipinski definition) is 1. The number of carbonyl (C=O) groups is 1. The molecular formula is C25H32ClN3O4S. The topological polar surface area (TPSA) is 79.0 Å². The molecule has 184 valence electrons. The van der Waals surface area contributed by atoms with Gasteiger partial charge in [-0.15, -0.1) is 0 Å². The van der Waals surface area contributed by atoms with Crippen molar-refractivity contribution in [3.63, 3.8) is 0 Å². The molecule has 0 radical (unpaired) electrons. The summed E-state index contributed by atoms with van der Waals surface area (Å²) in [5.74, 6) is -0.143. The fourth-order valence-electron chi connectivity index (χ4n) is 4.60. The van der Waals surface area contributed by atoms with Crippen LogP contribution < -0.4 is 5.32 Å². The summed E-state index contributed by atoms with van der Waals surface area (Å²) in [5.41, 5.74) is 1.44. The highest BCUT2D eigenvalue weighted by molar-refractivity contribution is 7.89. The molecule has 1 atom stereocenters. The molecule has 0 bridgehead atoms. The Labute approximate surface area is 207 Å². The molecule has 0 saturated carbocycles. The molecule has 34 heavy (non-hydrogen) atoms. The number of Topliss-reactive ketones (excluding diaryl/α,β-unsaturated/α-hetero) is 1. The van der Waals surface area contributed by atoms with Crippen LogP contribution in [0.4, 0.5) is 0 Å². The van der Waals surface area contributed by atoms with E-state index in [1.165, 1.54) is 16.8 Å². The van der Waals surface area contributed by atoms with Crippen molar-refractivity contribution in [2.75, 3.05) is 52.5 Å². The minimum atomic E-state index is -3.65. The number of ketones is 1. The Morgan fingerprint density at radius 3 is 2.47 bits per heavy atom. The molecule has 2 saturated heterocycles. The lowest BCUT2D eigenvalue weighted by molar-refractivity contribution is 0.0730. The number of hydrogen-bond acceptors (Lipinski definition) is 6. The van der Waals surface area contributed by atoms with E-state index in [2.05, 4.69) is 10.2 Å². The summed E-state index contributed by atoms with van der Waals surface area (Å²) in [6.45, 7) is 4.12. The Bertz CT molecular complexity index is 1080. The van der Waals surface area contributed by atoms with Gasteiger partial charge in [0.05, 0.1) is 24.7 Å². The van der Waals surface area contributed by atoms with Gasteiger partial charge in [0.25, 0.3) is 0 Å². The maximum Gasteiger partial charge on any atom is 0.243 e. The number of piperidine rings is 1. The molecule has 2 heterocycles. The first-order chi connectivity index (χ1) is 16.5. The SMILES string of the molecule is O=C(CNCC(c1ccccc1Cl)N1CCCCC1)c1cccc(S(=O)(=O)N2CCOCC2)c1. The lowest BCUT2D eigenvalue weighted by Gasteiger charge is -2.35. The highest BCUT2D eigenvalue weighted by Gasteiger charge is 2.27. The van der Waals surface area contributed by atoms with E-state index in [1.807, 2.05) is 24.3 Å². The number of benzene rings is 2. The van der Waals surface area contributed by atoms with Crippen LogP contribution in [0.2, 0.25) is 5.02 Å². The van der Waals surface area contributed by atoms with Gasteiger partial charge in [0.1, 0.15) is 0 Å². The van der Waals surface area contributed by atoms with Gasteiger partial charge in [-0.3, -0.25) is 9.69 Å². The zero-order valence-corrected chi connectivity index (χ0v) is 20.9. The smallest absolute Gasteiger partial charge is 0.243 e. The second-order valence-electron chi connectivity index (χ2n) is 8.73. The maximum absolute atomic E-state index is 13.0. The zero-order valence-electron chi connectivity index (χ0n) is 19.3. The van der Waals surface area contributed by atoms with Crippen molar-refractivity contribution >= 4 is 27.4 Å². The molecule has 0 spiro atoms. The van der Waals surface area contributed by atoms with Crippen LogP contribution in [0, 0.1) is 0 Å². The Morgan fingerprint density at radius 1 is 1.00 bits per heavy atom. The van der Waals surface area contributed by atoms with E-state index < -0.39 is 10.0 Å². The van der Waals surface area contributed by atoms with Crippen molar-refractivity contribution in [2.45, 2.75) is 30.2 Å². The quantitative estimate of drug-likeness (QED) is 0.526. The number of rotatable bonds is 9. The van der Waals surface area contributed by atoms with Gasteiger partial charge in [-0.1, -0.05) is 48.4 Å². The first-order valence-electron chi connectivity index (χ1n) is 11.9. The van der Waals surface area contributed by atoms with Crippen LogP contribution in [0.5, 0.6) is 0 Å². The third-order valence-electron chi connectivity index (χ3n) is 6.48. The average Bonchev–Trinajstić information content (AvgIpc) is 2.88. The van der Waals surface area contributed by atoms with Crippen molar-refractivity contribution in [1.29, 1.82) is 0 Å². The summed E-state index contributed by atoms with van der Waals surface area (Å²) in [6, 6.07) is 14.3. The van der Waals surface area contributed by atoms with E-state index in [4.69, 9.17) is 16.3 Å². The van der Waals surface area contributed by atoms with Crippen LogP contribution in [-0.4, -0.2) is 75.9 Å². The Kier molecular flexibility index (Phi) is 8.74. The molecule has 7 nitrogen and oxygen atoms in total. The monoisotopic (exact) mass is 505 g/mol. The molecule has 2 aromatic rings. The Hall–Kier alpha value is -1.81. The Balaban J connectivity index is 1.42. The number of sulfonamides is 1.